The van der Waals surface area contributed by atoms with E-state index in [-0.39, 0.29) is 27.5 Å². The van der Waals surface area contributed by atoms with Crippen molar-refractivity contribution in [1.29, 1.82) is 0 Å². The van der Waals surface area contributed by atoms with Gasteiger partial charge in [-0.05, 0) is 13.0 Å². The molecule has 0 aliphatic rings. The van der Waals surface area contributed by atoms with E-state index in [9.17, 15) is 10.1 Å². The Morgan fingerprint density at radius 1 is 1.26 bits per heavy atom. The number of halogens is 2. The molecule has 0 saturated heterocycles. The molecule has 8 heteroatoms. The summed E-state index contributed by atoms with van der Waals surface area (Å²) in [4.78, 5) is 17.9. The second kappa shape index (κ2) is 5.38. The number of aromatic nitrogens is 2. The summed E-state index contributed by atoms with van der Waals surface area (Å²) in [5.41, 5.74) is -0.116. The molecule has 0 aliphatic heterocycles. The third-order valence-corrected chi connectivity index (χ3v) is 2.61. The van der Waals surface area contributed by atoms with Crippen molar-refractivity contribution < 1.29 is 9.66 Å². The normalized spacial score (nSPS) is 10.3. The summed E-state index contributed by atoms with van der Waals surface area (Å²) in [5.74, 6) is 0.912. The lowest BCUT2D eigenvalue weighted by molar-refractivity contribution is -0.384. The number of non-ortho nitro benzene ring substituents is 1. The second-order valence-corrected chi connectivity index (χ2v) is 4.34. The molecule has 0 amide bonds. The molecule has 0 aliphatic carbocycles. The molecule has 0 fully saturated rings. The number of hydrogen-bond acceptors (Lipinski definition) is 5. The van der Waals surface area contributed by atoms with Crippen molar-refractivity contribution in [3.63, 3.8) is 0 Å². The number of nitro groups is 1. The van der Waals surface area contributed by atoms with Crippen LogP contribution in [0, 0.1) is 17.0 Å². The van der Waals surface area contributed by atoms with Gasteiger partial charge >= 0.3 is 0 Å². The summed E-state index contributed by atoms with van der Waals surface area (Å²) in [5, 5.41) is 10.9. The van der Waals surface area contributed by atoms with E-state index in [1.165, 1.54) is 24.3 Å². The summed E-state index contributed by atoms with van der Waals surface area (Å²) in [6, 6.07) is 5.31. The van der Waals surface area contributed by atoms with Crippen LogP contribution >= 0.6 is 23.2 Å². The van der Waals surface area contributed by atoms with E-state index in [2.05, 4.69) is 9.97 Å². The first-order chi connectivity index (χ1) is 8.95. The van der Waals surface area contributed by atoms with Gasteiger partial charge in [-0.1, -0.05) is 23.2 Å². The predicted molar refractivity (Wildman–Crippen MR) is 70.0 cm³/mol. The van der Waals surface area contributed by atoms with Crippen molar-refractivity contribution >= 4 is 28.9 Å². The van der Waals surface area contributed by atoms with E-state index in [1.807, 2.05) is 0 Å². The lowest BCUT2D eigenvalue weighted by Gasteiger charge is -2.07. The Balaban J connectivity index is 2.30. The molecule has 19 heavy (non-hydrogen) atoms. The summed E-state index contributed by atoms with van der Waals surface area (Å²) >= 11 is 11.7. The zero-order valence-electron chi connectivity index (χ0n) is 9.63. The van der Waals surface area contributed by atoms with Gasteiger partial charge in [0.25, 0.3) is 5.69 Å². The van der Waals surface area contributed by atoms with Crippen LogP contribution in [0.3, 0.4) is 0 Å². The SMILES string of the molecule is Cc1nc(Cl)cc(Oc2ccc([N+](=O)[O-])cc2Cl)n1. The third kappa shape index (κ3) is 3.30. The maximum atomic E-state index is 10.6. The van der Waals surface area contributed by atoms with E-state index < -0.39 is 4.92 Å². The van der Waals surface area contributed by atoms with Crippen LogP contribution in [-0.2, 0) is 0 Å². The van der Waals surface area contributed by atoms with Gasteiger partial charge in [-0.15, -0.1) is 0 Å². The van der Waals surface area contributed by atoms with E-state index in [0.717, 1.165) is 0 Å². The molecule has 0 unspecified atom stereocenters. The zero-order chi connectivity index (χ0) is 14.0. The first-order valence-corrected chi connectivity index (χ1v) is 5.84. The van der Waals surface area contributed by atoms with Crippen LogP contribution in [0.25, 0.3) is 0 Å². The summed E-state index contributed by atoms with van der Waals surface area (Å²) < 4.78 is 5.42. The van der Waals surface area contributed by atoms with Crippen molar-refractivity contribution in [2.45, 2.75) is 6.92 Å². The maximum Gasteiger partial charge on any atom is 0.271 e. The van der Waals surface area contributed by atoms with Gasteiger partial charge in [0.15, 0.2) is 0 Å². The van der Waals surface area contributed by atoms with Gasteiger partial charge in [0, 0.05) is 18.2 Å². The molecule has 6 nitrogen and oxygen atoms in total. The first kappa shape index (κ1) is 13.5. The van der Waals surface area contributed by atoms with E-state index in [4.69, 9.17) is 27.9 Å². The molecule has 0 spiro atoms. The molecule has 2 aromatic rings. The van der Waals surface area contributed by atoms with E-state index >= 15 is 0 Å². The van der Waals surface area contributed by atoms with Crippen molar-refractivity contribution in [2.75, 3.05) is 0 Å². The van der Waals surface area contributed by atoms with Gasteiger partial charge in [-0.2, -0.15) is 4.98 Å². The highest BCUT2D eigenvalue weighted by molar-refractivity contribution is 6.32. The molecule has 1 heterocycles. The highest BCUT2D eigenvalue weighted by Gasteiger charge is 2.12. The monoisotopic (exact) mass is 299 g/mol. The molecule has 2 rings (SSSR count). The largest absolute Gasteiger partial charge is 0.437 e. The summed E-state index contributed by atoms with van der Waals surface area (Å²) in [6.07, 6.45) is 0. The van der Waals surface area contributed by atoms with Gasteiger partial charge in [-0.3, -0.25) is 10.1 Å². The molecular formula is C11H7Cl2N3O3. The molecule has 0 radical (unpaired) electrons. The highest BCUT2D eigenvalue weighted by Crippen LogP contribution is 2.32. The fourth-order valence-electron chi connectivity index (χ4n) is 1.36. The van der Waals surface area contributed by atoms with Crippen molar-refractivity contribution in [2.24, 2.45) is 0 Å². The van der Waals surface area contributed by atoms with Crippen molar-refractivity contribution in [3.8, 4) is 11.6 Å². The van der Waals surface area contributed by atoms with Gasteiger partial charge in [0.1, 0.15) is 16.7 Å². The smallest absolute Gasteiger partial charge is 0.271 e. The minimum Gasteiger partial charge on any atom is -0.437 e. The Morgan fingerprint density at radius 2 is 2.00 bits per heavy atom. The summed E-state index contributed by atoms with van der Waals surface area (Å²) in [6.45, 7) is 1.66. The Labute approximate surface area is 118 Å². The Bertz CT molecular complexity index is 629. The molecular weight excluding hydrogens is 293 g/mol. The van der Waals surface area contributed by atoms with Crippen LogP contribution in [0.2, 0.25) is 10.2 Å². The van der Waals surface area contributed by atoms with Gasteiger partial charge in [-0.25, -0.2) is 4.98 Å². The minimum absolute atomic E-state index is 0.113. The lowest BCUT2D eigenvalue weighted by Crippen LogP contribution is -1.94. The number of nitro benzene ring substituents is 1. The van der Waals surface area contributed by atoms with Crippen LogP contribution in [0.15, 0.2) is 24.3 Å². The number of benzene rings is 1. The molecule has 1 aromatic heterocycles. The van der Waals surface area contributed by atoms with E-state index in [0.29, 0.717) is 5.82 Å². The quantitative estimate of drug-likeness (QED) is 0.489. The third-order valence-electron chi connectivity index (χ3n) is 2.12. The predicted octanol–water partition coefficient (Wildman–Crippen LogP) is 3.79. The molecule has 1 aromatic carbocycles. The van der Waals surface area contributed by atoms with Crippen molar-refractivity contribution in [3.05, 3.63) is 50.4 Å². The molecule has 0 atom stereocenters. The molecule has 0 saturated carbocycles. The Hall–Kier alpha value is -1.92. The van der Waals surface area contributed by atoms with Crippen LogP contribution in [0.5, 0.6) is 11.6 Å². The van der Waals surface area contributed by atoms with Crippen LogP contribution in [-0.4, -0.2) is 14.9 Å². The van der Waals surface area contributed by atoms with Crippen LogP contribution < -0.4 is 4.74 Å². The highest BCUT2D eigenvalue weighted by atomic mass is 35.5. The first-order valence-electron chi connectivity index (χ1n) is 5.08. The minimum atomic E-state index is -0.540. The van der Waals surface area contributed by atoms with Gasteiger partial charge < -0.3 is 4.74 Å². The number of ether oxygens (including phenoxy) is 1. The second-order valence-electron chi connectivity index (χ2n) is 3.55. The number of hydrogen-bond donors (Lipinski definition) is 0. The van der Waals surface area contributed by atoms with E-state index in [1.54, 1.807) is 6.92 Å². The van der Waals surface area contributed by atoms with Gasteiger partial charge in [0.05, 0.1) is 9.95 Å². The average Bonchev–Trinajstić information content (AvgIpc) is 2.30. The molecule has 0 bridgehead atoms. The Morgan fingerprint density at radius 3 is 2.58 bits per heavy atom. The van der Waals surface area contributed by atoms with Crippen LogP contribution in [0.1, 0.15) is 5.82 Å². The lowest BCUT2D eigenvalue weighted by atomic mass is 10.3. The van der Waals surface area contributed by atoms with Crippen molar-refractivity contribution in [1.82, 2.24) is 9.97 Å². The number of nitrogens with zero attached hydrogens (tertiary/aromatic N) is 3. The zero-order valence-corrected chi connectivity index (χ0v) is 11.1. The van der Waals surface area contributed by atoms with Crippen LogP contribution in [0.4, 0.5) is 5.69 Å². The fraction of sp³-hybridized carbons (Fsp3) is 0.0909. The fourth-order valence-corrected chi connectivity index (χ4v) is 1.79. The Kier molecular flexibility index (Phi) is 3.82. The number of rotatable bonds is 3. The standard InChI is InChI=1S/C11H7Cl2N3O3/c1-6-14-10(13)5-11(15-6)19-9-3-2-7(16(17)18)4-8(9)12/h2-5H,1H3. The molecule has 98 valence electrons. The average molecular weight is 300 g/mol. The maximum absolute atomic E-state index is 10.6. The van der Waals surface area contributed by atoms with Gasteiger partial charge in [0.2, 0.25) is 5.88 Å². The summed E-state index contributed by atoms with van der Waals surface area (Å²) in [7, 11) is 0. The molecule has 0 N–H and O–H groups in total. The number of aryl methyl sites for hydroxylation is 1. The topological polar surface area (TPSA) is 78.2 Å².